The molecule has 2 aromatic rings. The highest BCUT2D eigenvalue weighted by Crippen LogP contribution is 2.52. The summed E-state index contributed by atoms with van der Waals surface area (Å²) in [4.78, 5) is 12.5. The zero-order valence-corrected chi connectivity index (χ0v) is 18.7. The number of nitrogens with one attached hydrogen (secondary N) is 3. The van der Waals surface area contributed by atoms with E-state index in [1.807, 2.05) is 0 Å². The van der Waals surface area contributed by atoms with Gasteiger partial charge in [0.05, 0.1) is 12.6 Å². The molecule has 7 nitrogen and oxygen atoms in total. The maximum absolute atomic E-state index is 13.8. The molecule has 0 bridgehead atoms. The Hall–Kier alpha value is -3.19. The number of amides is 2. The summed E-state index contributed by atoms with van der Waals surface area (Å²) in [7, 11) is 0. The van der Waals surface area contributed by atoms with Gasteiger partial charge in [-0.25, -0.2) is 4.79 Å². The van der Waals surface area contributed by atoms with Crippen LogP contribution in [0.5, 0.6) is 11.5 Å². The minimum Gasteiger partial charge on any atom is -0.473 e. The lowest BCUT2D eigenvalue weighted by Gasteiger charge is -2.44. The number of benzene rings is 2. The molecule has 3 N–H and O–H groups in total. The van der Waals surface area contributed by atoms with Crippen molar-refractivity contribution in [3.8, 4) is 11.5 Å². The van der Waals surface area contributed by atoms with Gasteiger partial charge in [0.1, 0.15) is 11.5 Å². The summed E-state index contributed by atoms with van der Waals surface area (Å²) in [6, 6.07) is 9.05. The van der Waals surface area contributed by atoms with Gasteiger partial charge in [-0.2, -0.15) is 13.2 Å². The number of hydrogen-bond donors (Lipinski definition) is 3. The zero-order chi connectivity index (χ0) is 26.0. The molecule has 2 aromatic carbocycles. The van der Waals surface area contributed by atoms with Crippen LogP contribution >= 0.6 is 0 Å². The predicted octanol–water partition coefficient (Wildman–Crippen LogP) is 5.04. The van der Waals surface area contributed by atoms with E-state index in [0.29, 0.717) is 19.4 Å². The van der Waals surface area contributed by atoms with E-state index in [-0.39, 0.29) is 30.0 Å². The van der Waals surface area contributed by atoms with Gasteiger partial charge in [0.25, 0.3) is 0 Å². The van der Waals surface area contributed by atoms with Crippen LogP contribution < -0.4 is 25.4 Å². The third-order valence-electron chi connectivity index (χ3n) is 5.90. The monoisotopic (exact) mass is 519 g/mol. The predicted molar refractivity (Wildman–Crippen MR) is 115 cm³/mol. The molecule has 0 aromatic heterocycles. The molecule has 2 heterocycles. The second kappa shape index (κ2) is 10.1. The van der Waals surface area contributed by atoms with E-state index in [1.165, 1.54) is 30.3 Å². The molecule has 2 saturated heterocycles. The molecular formula is C23H23F6N3O4. The lowest BCUT2D eigenvalue weighted by atomic mass is 9.85. The summed E-state index contributed by atoms with van der Waals surface area (Å²) in [5, 5.41) is 8.26. The number of anilines is 1. The number of carbonyl (C=O) groups is 1. The summed E-state index contributed by atoms with van der Waals surface area (Å²) >= 11 is 0. The van der Waals surface area contributed by atoms with Crippen LogP contribution in [0.2, 0.25) is 0 Å². The summed E-state index contributed by atoms with van der Waals surface area (Å²) in [5.74, 6) is -0.453. The van der Waals surface area contributed by atoms with Crippen molar-refractivity contribution in [1.29, 1.82) is 0 Å². The Morgan fingerprint density at radius 3 is 2.36 bits per heavy atom. The van der Waals surface area contributed by atoms with Gasteiger partial charge < -0.3 is 24.8 Å². The number of halogens is 6. The Bertz CT molecular complexity index is 1060. The van der Waals surface area contributed by atoms with E-state index < -0.39 is 42.2 Å². The molecule has 2 aliphatic rings. The van der Waals surface area contributed by atoms with Gasteiger partial charge in [-0.1, -0.05) is 18.2 Å². The normalized spacial score (nSPS) is 24.4. The number of piperidine rings is 1. The average molecular weight is 519 g/mol. The van der Waals surface area contributed by atoms with Gasteiger partial charge in [0, 0.05) is 17.7 Å². The van der Waals surface area contributed by atoms with Crippen molar-refractivity contribution in [2.45, 2.75) is 49.7 Å². The maximum atomic E-state index is 13.8. The molecule has 2 fully saturated rings. The number of alkyl halides is 6. The van der Waals surface area contributed by atoms with Crippen molar-refractivity contribution in [2.24, 2.45) is 0 Å². The fourth-order valence-electron chi connectivity index (χ4n) is 4.14. The van der Waals surface area contributed by atoms with Crippen LogP contribution in [-0.2, 0) is 10.3 Å². The molecule has 2 unspecified atom stereocenters. The smallest absolute Gasteiger partial charge is 0.473 e. The second-order valence-electron chi connectivity index (χ2n) is 8.33. The molecule has 0 radical (unpaired) electrons. The van der Waals surface area contributed by atoms with E-state index in [1.54, 1.807) is 6.07 Å². The van der Waals surface area contributed by atoms with E-state index >= 15 is 0 Å². The molecule has 0 spiro atoms. The fourth-order valence-corrected chi connectivity index (χ4v) is 4.14. The second-order valence-corrected chi connectivity index (χ2v) is 8.33. The first-order valence-corrected chi connectivity index (χ1v) is 11.1. The van der Waals surface area contributed by atoms with Gasteiger partial charge in [0.2, 0.25) is 0 Å². The first-order chi connectivity index (χ1) is 17.0. The topological polar surface area (TPSA) is 80.9 Å². The van der Waals surface area contributed by atoms with Crippen LogP contribution in [0, 0.1) is 0 Å². The van der Waals surface area contributed by atoms with E-state index in [2.05, 4.69) is 20.7 Å². The van der Waals surface area contributed by atoms with Crippen molar-refractivity contribution < 1.29 is 45.3 Å². The third-order valence-corrected chi connectivity index (χ3v) is 5.90. The first kappa shape index (κ1) is 25.9. The highest BCUT2D eigenvalue weighted by Gasteiger charge is 2.62. The largest absolute Gasteiger partial charge is 0.573 e. The highest BCUT2D eigenvalue weighted by molar-refractivity contribution is 5.89. The number of urea groups is 1. The molecule has 0 saturated carbocycles. The lowest BCUT2D eigenvalue weighted by Crippen LogP contribution is -2.57. The van der Waals surface area contributed by atoms with Crippen LogP contribution in [0.4, 0.5) is 36.8 Å². The zero-order valence-electron chi connectivity index (χ0n) is 18.7. The summed E-state index contributed by atoms with van der Waals surface area (Å²) in [6.07, 6.45) is -9.38. The quantitative estimate of drug-likeness (QED) is 0.466. The maximum Gasteiger partial charge on any atom is 0.573 e. The molecule has 196 valence electrons. The Morgan fingerprint density at radius 1 is 1.06 bits per heavy atom. The summed E-state index contributed by atoms with van der Waals surface area (Å²) < 4.78 is 93.1. The van der Waals surface area contributed by atoms with Gasteiger partial charge in [-0.05, 0) is 49.7 Å². The van der Waals surface area contributed by atoms with Crippen molar-refractivity contribution >= 4 is 11.7 Å². The van der Waals surface area contributed by atoms with Crippen LogP contribution in [0.15, 0.2) is 48.5 Å². The first-order valence-electron chi connectivity index (χ1n) is 11.1. The Balaban J connectivity index is 1.43. The van der Waals surface area contributed by atoms with Gasteiger partial charge in [0.15, 0.2) is 11.8 Å². The van der Waals surface area contributed by atoms with Crippen LogP contribution in [0.1, 0.15) is 24.8 Å². The van der Waals surface area contributed by atoms with E-state index in [0.717, 1.165) is 12.1 Å². The number of carbonyl (C=O) groups excluding carboxylic acids is 1. The molecule has 2 aliphatic heterocycles. The Kier molecular flexibility index (Phi) is 7.23. The molecule has 2 amide bonds. The van der Waals surface area contributed by atoms with Crippen LogP contribution in [0.25, 0.3) is 0 Å². The summed E-state index contributed by atoms with van der Waals surface area (Å²) in [5.41, 5.74) is -2.37. The van der Waals surface area contributed by atoms with Gasteiger partial charge in [-0.15, -0.1) is 13.2 Å². The Labute approximate surface area is 202 Å². The third kappa shape index (κ3) is 5.78. The molecule has 0 aliphatic carbocycles. The van der Waals surface area contributed by atoms with Crippen LogP contribution in [0.3, 0.4) is 0 Å². The molecule has 4 rings (SSSR count). The van der Waals surface area contributed by atoms with E-state index in [9.17, 15) is 31.1 Å². The molecule has 13 heteroatoms. The van der Waals surface area contributed by atoms with Crippen LogP contribution in [-0.4, -0.2) is 44.0 Å². The standard InChI is InChI=1S/C23H23F6N3O4/c24-22(25,26)21(11-13-34-21)16-4-1-2-6-18(16)35-19-17(5-3-12-30-19)32-20(33)31-14-7-9-15(10-8-14)36-23(27,28)29/h1-2,4,6-10,17,19,30H,3,5,11-13H2,(H2,31,32,33)/t17?,19?,21-/m1/s1. The minimum atomic E-state index is -4.83. The van der Waals surface area contributed by atoms with Crippen molar-refractivity contribution in [3.05, 3.63) is 54.1 Å². The number of hydrogen-bond acceptors (Lipinski definition) is 5. The van der Waals surface area contributed by atoms with Gasteiger partial charge in [-0.3, -0.25) is 5.32 Å². The highest BCUT2D eigenvalue weighted by atomic mass is 19.4. The average Bonchev–Trinajstić information content (AvgIpc) is 2.75. The lowest BCUT2D eigenvalue weighted by molar-refractivity contribution is -0.334. The Morgan fingerprint density at radius 2 is 1.75 bits per heavy atom. The number of rotatable bonds is 6. The van der Waals surface area contributed by atoms with Crippen molar-refractivity contribution in [3.63, 3.8) is 0 Å². The summed E-state index contributed by atoms with van der Waals surface area (Å²) in [6.45, 7) is 0.497. The van der Waals surface area contributed by atoms with Gasteiger partial charge >= 0.3 is 18.6 Å². The SMILES string of the molecule is O=C(Nc1ccc(OC(F)(F)F)cc1)NC1CCCNC1Oc1ccccc1[C@@]1(C(F)(F)F)CCO1. The fraction of sp³-hybridized carbons (Fsp3) is 0.435. The number of ether oxygens (including phenoxy) is 3. The molecular weight excluding hydrogens is 496 g/mol. The number of para-hydroxylation sites is 1. The molecule has 36 heavy (non-hydrogen) atoms. The molecule has 3 atom stereocenters. The minimum absolute atomic E-state index is 0.0126. The van der Waals surface area contributed by atoms with E-state index in [4.69, 9.17) is 9.47 Å². The van der Waals surface area contributed by atoms with Crippen molar-refractivity contribution in [2.75, 3.05) is 18.5 Å². The van der Waals surface area contributed by atoms with Crippen molar-refractivity contribution in [1.82, 2.24) is 10.6 Å².